The zero-order chi connectivity index (χ0) is 10.8. The minimum atomic E-state index is -4.49. The molecule has 0 radical (unpaired) electrons. The number of amides is 1. The van der Waals surface area contributed by atoms with Crippen molar-refractivity contribution in [3.63, 3.8) is 0 Å². The first-order valence-electron chi connectivity index (χ1n) is 3.71. The topological polar surface area (TPSA) is 42.0 Å². The maximum atomic E-state index is 12.1. The molecule has 0 fully saturated rings. The minimum Gasteiger partial charge on any atom is -0.311 e. The molecule has 14 heavy (non-hydrogen) atoms. The molecule has 3 nitrogen and oxygen atoms in total. The van der Waals surface area contributed by atoms with Gasteiger partial charge >= 0.3 is 6.18 Å². The summed E-state index contributed by atoms with van der Waals surface area (Å²) in [7, 11) is 0. The molecule has 0 spiro atoms. The molecule has 0 saturated heterocycles. The van der Waals surface area contributed by atoms with E-state index in [1.54, 1.807) is 0 Å². The SMILES string of the molecule is CC(=O)Nc1cccc(C(F)(F)F)n1. The van der Waals surface area contributed by atoms with E-state index in [0.29, 0.717) is 0 Å². The van der Waals surface area contributed by atoms with Gasteiger partial charge in [-0.25, -0.2) is 4.98 Å². The largest absolute Gasteiger partial charge is 0.433 e. The molecule has 0 atom stereocenters. The summed E-state index contributed by atoms with van der Waals surface area (Å²) in [4.78, 5) is 13.8. The number of aromatic nitrogens is 1. The van der Waals surface area contributed by atoms with Gasteiger partial charge in [0, 0.05) is 6.92 Å². The van der Waals surface area contributed by atoms with E-state index in [1.165, 1.54) is 19.1 Å². The highest BCUT2D eigenvalue weighted by Crippen LogP contribution is 2.27. The Balaban J connectivity index is 2.95. The Kier molecular flexibility index (Phi) is 2.73. The summed E-state index contributed by atoms with van der Waals surface area (Å²) in [6, 6.07) is 3.31. The number of halogens is 3. The average molecular weight is 204 g/mol. The van der Waals surface area contributed by atoms with Crippen LogP contribution >= 0.6 is 0 Å². The molecule has 0 aliphatic rings. The average Bonchev–Trinajstić information content (AvgIpc) is 2.01. The van der Waals surface area contributed by atoms with Crippen molar-refractivity contribution in [2.75, 3.05) is 5.32 Å². The highest BCUT2D eigenvalue weighted by Gasteiger charge is 2.32. The van der Waals surface area contributed by atoms with Crippen LogP contribution in [0, 0.1) is 0 Å². The van der Waals surface area contributed by atoms with Gasteiger partial charge in [0.05, 0.1) is 0 Å². The van der Waals surface area contributed by atoms with E-state index in [-0.39, 0.29) is 5.82 Å². The lowest BCUT2D eigenvalue weighted by atomic mass is 10.3. The monoisotopic (exact) mass is 204 g/mol. The molecule has 0 aliphatic heterocycles. The predicted octanol–water partition coefficient (Wildman–Crippen LogP) is 2.06. The molecule has 76 valence electrons. The first-order valence-corrected chi connectivity index (χ1v) is 3.71. The maximum absolute atomic E-state index is 12.1. The number of nitrogens with zero attached hydrogens (tertiary/aromatic N) is 1. The van der Waals surface area contributed by atoms with Gasteiger partial charge in [-0.15, -0.1) is 0 Å². The van der Waals surface area contributed by atoms with Crippen LogP contribution in [0.2, 0.25) is 0 Å². The second-order valence-corrected chi connectivity index (χ2v) is 2.59. The molecule has 6 heteroatoms. The van der Waals surface area contributed by atoms with Gasteiger partial charge in [-0.05, 0) is 12.1 Å². The fraction of sp³-hybridized carbons (Fsp3) is 0.250. The summed E-state index contributed by atoms with van der Waals surface area (Å²) >= 11 is 0. The van der Waals surface area contributed by atoms with Gasteiger partial charge in [-0.2, -0.15) is 13.2 Å². The van der Waals surface area contributed by atoms with Crippen LogP contribution in [0.15, 0.2) is 18.2 Å². The molecule has 1 aromatic heterocycles. The summed E-state index contributed by atoms with van der Waals surface area (Å²) in [5.74, 6) is -0.566. The van der Waals surface area contributed by atoms with E-state index >= 15 is 0 Å². The fourth-order valence-electron chi connectivity index (χ4n) is 0.843. The summed E-state index contributed by atoms with van der Waals surface area (Å²) in [6.07, 6.45) is -4.49. The number of alkyl halides is 3. The highest BCUT2D eigenvalue weighted by atomic mass is 19.4. The van der Waals surface area contributed by atoms with Gasteiger partial charge in [0.2, 0.25) is 5.91 Å². The predicted molar refractivity (Wildman–Crippen MR) is 43.5 cm³/mol. The Bertz CT molecular complexity index is 349. The lowest BCUT2D eigenvalue weighted by Gasteiger charge is -2.07. The standard InChI is InChI=1S/C8H7F3N2O/c1-5(14)12-7-4-2-3-6(13-7)8(9,10)11/h2-4H,1H3,(H,12,13,14). The molecule has 0 bridgehead atoms. The van der Waals surface area contributed by atoms with Crippen molar-refractivity contribution in [2.24, 2.45) is 0 Å². The number of hydrogen-bond acceptors (Lipinski definition) is 2. The maximum Gasteiger partial charge on any atom is 0.433 e. The number of anilines is 1. The molecule has 0 aromatic carbocycles. The van der Waals surface area contributed by atoms with Crippen molar-refractivity contribution in [3.05, 3.63) is 23.9 Å². The fourth-order valence-corrected chi connectivity index (χ4v) is 0.843. The van der Waals surface area contributed by atoms with E-state index in [0.717, 1.165) is 6.07 Å². The molecule has 1 N–H and O–H groups in total. The molecule has 1 heterocycles. The zero-order valence-corrected chi connectivity index (χ0v) is 7.22. The molecule has 0 aliphatic carbocycles. The van der Waals surface area contributed by atoms with Gasteiger partial charge in [-0.1, -0.05) is 6.07 Å². The quantitative estimate of drug-likeness (QED) is 0.760. The number of rotatable bonds is 1. The van der Waals surface area contributed by atoms with Crippen LogP contribution in [0.25, 0.3) is 0 Å². The van der Waals surface area contributed by atoms with Crippen molar-refractivity contribution < 1.29 is 18.0 Å². The molecule has 1 rings (SSSR count). The third kappa shape index (κ3) is 2.72. The van der Waals surface area contributed by atoms with Crippen LogP contribution in [-0.2, 0) is 11.0 Å². The summed E-state index contributed by atoms with van der Waals surface area (Å²) in [5, 5.41) is 2.17. The van der Waals surface area contributed by atoms with E-state index in [1.807, 2.05) is 0 Å². The minimum absolute atomic E-state index is 0.104. The van der Waals surface area contributed by atoms with Gasteiger partial charge < -0.3 is 5.32 Å². The van der Waals surface area contributed by atoms with Gasteiger partial charge in [-0.3, -0.25) is 4.79 Å². The number of pyridine rings is 1. The van der Waals surface area contributed by atoms with E-state index in [9.17, 15) is 18.0 Å². The molecule has 0 saturated carbocycles. The Morgan fingerprint density at radius 2 is 2.07 bits per heavy atom. The van der Waals surface area contributed by atoms with Crippen molar-refractivity contribution in [3.8, 4) is 0 Å². The number of carbonyl (C=O) groups excluding carboxylic acids is 1. The van der Waals surface area contributed by atoms with Crippen LogP contribution in [0.4, 0.5) is 19.0 Å². The number of carbonyl (C=O) groups is 1. The Hall–Kier alpha value is -1.59. The third-order valence-electron chi connectivity index (χ3n) is 1.34. The van der Waals surface area contributed by atoms with Crippen molar-refractivity contribution in [1.29, 1.82) is 0 Å². The van der Waals surface area contributed by atoms with Gasteiger partial charge in [0.15, 0.2) is 0 Å². The number of hydrogen-bond donors (Lipinski definition) is 1. The summed E-state index contributed by atoms with van der Waals surface area (Å²) < 4.78 is 36.4. The Morgan fingerprint density at radius 1 is 1.43 bits per heavy atom. The lowest BCUT2D eigenvalue weighted by Crippen LogP contribution is -2.12. The van der Waals surface area contributed by atoms with Crippen molar-refractivity contribution >= 4 is 11.7 Å². The molecular weight excluding hydrogens is 197 g/mol. The summed E-state index contributed by atoms with van der Waals surface area (Å²) in [5.41, 5.74) is -1.02. The highest BCUT2D eigenvalue weighted by molar-refractivity contribution is 5.87. The van der Waals surface area contributed by atoms with Crippen LogP contribution in [0.3, 0.4) is 0 Å². The first kappa shape index (κ1) is 10.5. The molecule has 0 unspecified atom stereocenters. The molecule has 1 amide bonds. The lowest BCUT2D eigenvalue weighted by molar-refractivity contribution is -0.141. The van der Waals surface area contributed by atoms with Crippen LogP contribution in [0.1, 0.15) is 12.6 Å². The normalized spacial score (nSPS) is 11.1. The van der Waals surface area contributed by atoms with E-state index < -0.39 is 17.8 Å². The first-order chi connectivity index (χ1) is 6.39. The van der Waals surface area contributed by atoms with Crippen LogP contribution in [0.5, 0.6) is 0 Å². The second kappa shape index (κ2) is 3.65. The second-order valence-electron chi connectivity index (χ2n) is 2.59. The van der Waals surface area contributed by atoms with Crippen molar-refractivity contribution in [1.82, 2.24) is 4.98 Å². The van der Waals surface area contributed by atoms with E-state index in [2.05, 4.69) is 10.3 Å². The third-order valence-corrected chi connectivity index (χ3v) is 1.34. The van der Waals surface area contributed by atoms with Crippen LogP contribution < -0.4 is 5.32 Å². The van der Waals surface area contributed by atoms with Crippen molar-refractivity contribution in [2.45, 2.75) is 13.1 Å². The number of nitrogens with one attached hydrogen (secondary N) is 1. The Labute approximate surface area is 78.0 Å². The molecular formula is C8H7F3N2O. The smallest absolute Gasteiger partial charge is 0.311 e. The van der Waals surface area contributed by atoms with Gasteiger partial charge in [0.1, 0.15) is 11.5 Å². The summed E-state index contributed by atoms with van der Waals surface area (Å²) in [6.45, 7) is 1.20. The van der Waals surface area contributed by atoms with Crippen LogP contribution in [-0.4, -0.2) is 10.9 Å². The van der Waals surface area contributed by atoms with E-state index in [4.69, 9.17) is 0 Å². The van der Waals surface area contributed by atoms with Gasteiger partial charge in [0.25, 0.3) is 0 Å². The Morgan fingerprint density at radius 3 is 2.57 bits per heavy atom. The molecule has 1 aromatic rings. The zero-order valence-electron chi connectivity index (χ0n) is 7.22.